The molecule has 0 fully saturated rings. The van der Waals surface area contributed by atoms with E-state index < -0.39 is 29.6 Å². The van der Waals surface area contributed by atoms with Gasteiger partial charge in [-0.05, 0) is 29.8 Å². The van der Waals surface area contributed by atoms with E-state index in [1.54, 1.807) is 30.3 Å². The molecular weight excluding hydrogens is 492 g/mol. The maximum atomic E-state index is 13.5. The molecule has 12 heteroatoms. The molecule has 190 valence electrons. The van der Waals surface area contributed by atoms with Crippen molar-refractivity contribution < 1.29 is 33.4 Å². The highest BCUT2D eigenvalue weighted by atomic mass is 35.5. The van der Waals surface area contributed by atoms with E-state index >= 15 is 0 Å². The van der Waals surface area contributed by atoms with Crippen LogP contribution in [0.4, 0.5) is 5.69 Å². The van der Waals surface area contributed by atoms with Gasteiger partial charge in [-0.15, -0.1) is 0 Å². The zero-order chi connectivity index (χ0) is 26.2. The number of halogens is 1. The Morgan fingerprint density at radius 2 is 1.75 bits per heavy atom. The molecule has 3 rings (SSSR count). The van der Waals surface area contributed by atoms with Crippen LogP contribution in [0.2, 0.25) is 5.02 Å². The lowest BCUT2D eigenvalue weighted by Gasteiger charge is -2.23. The highest BCUT2D eigenvalue weighted by molar-refractivity contribution is 6.34. The van der Waals surface area contributed by atoms with Crippen LogP contribution < -0.4 is 20.5 Å². The maximum absolute atomic E-state index is 13.5. The molecule has 0 saturated carbocycles. The van der Waals surface area contributed by atoms with Gasteiger partial charge in [-0.2, -0.15) is 0 Å². The fraction of sp³-hybridized carbons (Fsp3) is 0.292. The van der Waals surface area contributed by atoms with Gasteiger partial charge in [0, 0.05) is 26.1 Å². The molecule has 1 aliphatic rings. The Morgan fingerprint density at radius 1 is 1.00 bits per heavy atom. The van der Waals surface area contributed by atoms with E-state index in [-0.39, 0.29) is 43.4 Å². The fourth-order valence-electron chi connectivity index (χ4n) is 3.47. The molecule has 0 bridgehead atoms. The number of hydrazine groups is 1. The number of hydrogen-bond acceptors (Lipinski definition) is 7. The number of carbonyl (C=O) groups excluding carboxylic acids is 5. The van der Waals surface area contributed by atoms with Crippen LogP contribution in [-0.4, -0.2) is 60.8 Å². The molecule has 0 atom stereocenters. The first-order valence-corrected chi connectivity index (χ1v) is 11.3. The van der Waals surface area contributed by atoms with Crippen molar-refractivity contribution in [3.63, 3.8) is 0 Å². The molecule has 0 radical (unpaired) electrons. The Balaban J connectivity index is 1.78. The number of anilines is 1. The van der Waals surface area contributed by atoms with Crippen molar-refractivity contribution in [3.8, 4) is 5.75 Å². The first-order chi connectivity index (χ1) is 17.2. The lowest BCUT2D eigenvalue weighted by atomic mass is 10.1. The molecule has 2 aromatic rings. The average Bonchev–Trinajstić information content (AvgIpc) is 2.96. The summed E-state index contributed by atoms with van der Waals surface area (Å²) < 4.78 is 10.3. The van der Waals surface area contributed by atoms with E-state index in [2.05, 4.69) is 10.9 Å². The third kappa shape index (κ3) is 6.95. The minimum atomic E-state index is -0.580. The van der Waals surface area contributed by atoms with Crippen LogP contribution in [0.3, 0.4) is 0 Å². The number of hydrogen-bond donors (Lipinski definition) is 2. The van der Waals surface area contributed by atoms with E-state index in [4.69, 9.17) is 21.1 Å². The first-order valence-electron chi connectivity index (χ1n) is 10.9. The summed E-state index contributed by atoms with van der Waals surface area (Å²) >= 11 is 6.37. The predicted molar refractivity (Wildman–Crippen MR) is 129 cm³/mol. The van der Waals surface area contributed by atoms with E-state index in [1.165, 1.54) is 35.8 Å². The quantitative estimate of drug-likeness (QED) is 0.323. The number of amides is 4. The summed E-state index contributed by atoms with van der Waals surface area (Å²) in [7, 11) is 0. The number of rotatable bonds is 7. The molecule has 0 saturated heterocycles. The summed E-state index contributed by atoms with van der Waals surface area (Å²) in [6.07, 6.45) is 0. The molecule has 36 heavy (non-hydrogen) atoms. The third-order valence-electron chi connectivity index (χ3n) is 5.08. The molecule has 1 aliphatic heterocycles. The Hall–Kier alpha value is -4.12. The van der Waals surface area contributed by atoms with Crippen molar-refractivity contribution >= 4 is 46.9 Å². The van der Waals surface area contributed by atoms with Crippen LogP contribution in [0.15, 0.2) is 42.5 Å². The zero-order valence-electron chi connectivity index (χ0n) is 19.7. The number of nitrogens with zero attached hydrogens (tertiary/aromatic N) is 2. The van der Waals surface area contributed by atoms with Crippen molar-refractivity contribution in [1.29, 1.82) is 0 Å². The van der Waals surface area contributed by atoms with Gasteiger partial charge >= 0.3 is 5.97 Å². The van der Waals surface area contributed by atoms with Crippen LogP contribution in [0.1, 0.15) is 29.8 Å². The zero-order valence-corrected chi connectivity index (χ0v) is 20.5. The van der Waals surface area contributed by atoms with Crippen molar-refractivity contribution in [2.45, 2.75) is 20.4 Å². The molecule has 0 aliphatic carbocycles. The SMILES string of the molecule is CC(=O)NNC(=O)CN1Cc2ccccc2N(C(=O)c2ccc(OCCOC(C)=O)cc2Cl)CC1=O. The number of para-hydroxylation sites is 1. The summed E-state index contributed by atoms with van der Waals surface area (Å²) in [6, 6.07) is 11.5. The Morgan fingerprint density at radius 3 is 2.44 bits per heavy atom. The van der Waals surface area contributed by atoms with Gasteiger partial charge in [0.05, 0.1) is 10.6 Å². The Labute approximate surface area is 212 Å². The van der Waals surface area contributed by atoms with Gasteiger partial charge in [-0.3, -0.25) is 39.7 Å². The van der Waals surface area contributed by atoms with Gasteiger partial charge in [-0.25, -0.2) is 0 Å². The van der Waals surface area contributed by atoms with Gasteiger partial charge in [0.2, 0.25) is 11.8 Å². The second-order valence-corrected chi connectivity index (χ2v) is 8.24. The lowest BCUT2D eigenvalue weighted by Crippen LogP contribution is -2.48. The summed E-state index contributed by atoms with van der Waals surface area (Å²) in [5, 5.41) is 0.116. The van der Waals surface area contributed by atoms with Crippen molar-refractivity contribution in [3.05, 3.63) is 58.6 Å². The van der Waals surface area contributed by atoms with E-state index in [9.17, 15) is 24.0 Å². The standard InChI is InChI=1S/C24H25ClN4O7/c1-15(30)26-27-22(32)13-28-12-17-5-3-4-6-21(17)29(14-23(28)33)24(34)19-8-7-18(11-20(19)25)36-10-9-35-16(2)31/h3-8,11H,9-10,12-14H2,1-2H3,(H,26,30)(H,27,32). The summed E-state index contributed by atoms with van der Waals surface area (Å²) in [4.78, 5) is 63.1. The Bertz CT molecular complexity index is 1190. The van der Waals surface area contributed by atoms with Gasteiger partial charge in [-0.1, -0.05) is 29.8 Å². The van der Waals surface area contributed by atoms with Crippen LogP contribution in [0, 0.1) is 0 Å². The van der Waals surface area contributed by atoms with Crippen molar-refractivity contribution in [2.24, 2.45) is 0 Å². The predicted octanol–water partition coefficient (Wildman–Crippen LogP) is 1.44. The van der Waals surface area contributed by atoms with E-state index in [0.29, 0.717) is 17.0 Å². The minimum absolute atomic E-state index is 0.0691. The van der Waals surface area contributed by atoms with Crippen molar-refractivity contribution in [2.75, 3.05) is 31.2 Å². The van der Waals surface area contributed by atoms with Gasteiger partial charge in [0.1, 0.15) is 32.1 Å². The molecule has 2 aromatic carbocycles. The first kappa shape index (κ1) is 26.5. The van der Waals surface area contributed by atoms with E-state index in [0.717, 1.165) is 0 Å². The highest BCUT2D eigenvalue weighted by Crippen LogP contribution is 2.30. The number of benzene rings is 2. The van der Waals surface area contributed by atoms with Crippen LogP contribution in [-0.2, 0) is 30.5 Å². The second kappa shape index (κ2) is 12.0. The third-order valence-corrected chi connectivity index (χ3v) is 5.39. The van der Waals surface area contributed by atoms with Gasteiger partial charge in [0.15, 0.2) is 0 Å². The van der Waals surface area contributed by atoms with Gasteiger partial charge in [0.25, 0.3) is 11.8 Å². The lowest BCUT2D eigenvalue weighted by molar-refractivity contribution is -0.141. The minimum Gasteiger partial charge on any atom is -0.490 e. The monoisotopic (exact) mass is 516 g/mol. The van der Waals surface area contributed by atoms with Crippen LogP contribution >= 0.6 is 11.6 Å². The number of nitrogens with one attached hydrogen (secondary N) is 2. The molecular formula is C24H25ClN4O7. The number of esters is 1. The topological polar surface area (TPSA) is 134 Å². The Kier molecular flexibility index (Phi) is 8.85. The van der Waals surface area contributed by atoms with E-state index in [1.807, 2.05) is 0 Å². The van der Waals surface area contributed by atoms with Crippen LogP contribution in [0.25, 0.3) is 0 Å². The number of fused-ring (bicyclic) bond motifs is 1. The molecule has 11 nitrogen and oxygen atoms in total. The number of carbonyl (C=O) groups is 5. The highest BCUT2D eigenvalue weighted by Gasteiger charge is 2.31. The maximum Gasteiger partial charge on any atom is 0.302 e. The van der Waals surface area contributed by atoms with Gasteiger partial charge < -0.3 is 14.4 Å². The molecule has 2 N–H and O–H groups in total. The average molecular weight is 517 g/mol. The summed E-state index contributed by atoms with van der Waals surface area (Å²) in [5.74, 6) is -2.03. The molecule has 4 amide bonds. The summed E-state index contributed by atoms with van der Waals surface area (Å²) in [6.45, 7) is 2.18. The summed E-state index contributed by atoms with van der Waals surface area (Å²) in [5.41, 5.74) is 5.73. The molecule has 0 aromatic heterocycles. The fourth-order valence-corrected chi connectivity index (χ4v) is 3.72. The molecule has 0 unspecified atom stereocenters. The molecule has 0 spiro atoms. The van der Waals surface area contributed by atoms with Crippen molar-refractivity contribution in [1.82, 2.24) is 15.8 Å². The molecule has 1 heterocycles. The van der Waals surface area contributed by atoms with Crippen LogP contribution in [0.5, 0.6) is 5.75 Å². The number of ether oxygens (including phenoxy) is 2. The smallest absolute Gasteiger partial charge is 0.302 e. The normalized spacial score (nSPS) is 12.8. The second-order valence-electron chi connectivity index (χ2n) is 7.83. The largest absolute Gasteiger partial charge is 0.490 e.